The molecule has 0 unspecified atom stereocenters. The van der Waals surface area contributed by atoms with Crippen molar-refractivity contribution in [1.29, 1.82) is 0 Å². The SMILES string of the molecule is O=[N+]([O-])c1ccc2[nH]c3c([N+](=O)[O-])cccc3c2c1. The predicted molar refractivity (Wildman–Crippen MR) is 69.1 cm³/mol. The van der Waals surface area contributed by atoms with Crippen LogP contribution in [0.3, 0.4) is 0 Å². The van der Waals surface area contributed by atoms with Gasteiger partial charge in [-0.1, -0.05) is 12.1 Å². The third-order valence-corrected chi connectivity index (χ3v) is 3.00. The van der Waals surface area contributed by atoms with Crippen LogP contribution in [0, 0.1) is 20.2 Å². The minimum absolute atomic E-state index is 0.0418. The van der Waals surface area contributed by atoms with Crippen LogP contribution in [0.5, 0.6) is 0 Å². The van der Waals surface area contributed by atoms with Crippen molar-refractivity contribution >= 4 is 33.2 Å². The van der Waals surface area contributed by atoms with Gasteiger partial charge in [-0.3, -0.25) is 20.2 Å². The molecule has 0 spiro atoms. The fourth-order valence-electron chi connectivity index (χ4n) is 2.16. The van der Waals surface area contributed by atoms with E-state index >= 15 is 0 Å². The highest BCUT2D eigenvalue weighted by molar-refractivity contribution is 6.10. The van der Waals surface area contributed by atoms with Crippen LogP contribution in [0.1, 0.15) is 0 Å². The number of para-hydroxylation sites is 1. The van der Waals surface area contributed by atoms with Crippen molar-refractivity contribution in [1.82, 2.24) is 4.98 Å². The van der Waals surface area contributed by atoms with Crippen LogP contribution < -0.4 is 0 Å². The Morgan fingerprint density at radius 1 is 0.947 bits per heavy atom. The molecule has 1 aromatic heterocycles. The van der Waals surface area contributed by atoms with Crippen molar-refractivity contribution in [3.8, 4) is 0 Å². The molecule has 19 heavy (non-hydrogen) atoms. The number of H-pyrrole nitrogens is 1. The lowest BCUT2D eigenvalue weighted by atomic mass is 10.1. The van der Waals surface area contributed by atoms with Crippen molar-refractivity contribution in [3.63, 3.8) is 0 Å². The molecule has 0 aliphatic rings. The van der Waals surface area contributed by atoms with Crippen LogP contribution in [-0.4, -0.2) is 14.8 Å². The van der Waals surface area contributed by atoms with E-state index in [1.54, 1.807) is 18.2 Å². The van der Waals surface area contributed by atoms with Crippen LogP contribution in [-0.2, 0) is 0 Å². The summed E-state index contributed by atoms with van der Waals surface area (Å²) in [5.41, 5.74) is 0.925. The Morgan fingerprint density at radius 2 is 1.74 bits per heavy atom. The minimum Gasteiger partial charge on any atom is -0.349 e. The van der Waals surface area contributed by atoms with Crippen LogP contribution in [0.2, 0.25) is 0 Å². The van der Waals surface area contributed by atoms with Gasteiger partial charge in [-0.15, -0.1) is 0 Å². The second-order valence-corrected chi connectivity index (χ2v) is 4.07. The number of rotatable bonds is 2. The Morgan fingerprint density at radius 3 is 2.42 bits per heavy atom. The number of fused-ring (bicyclic) bond motifs is 3. The highest BCUT2D eigenvalue weighted by atomic mass is 16.6. The number of nitro groups is 2. The number of nitrogens with one attached hydrogen (secondary N) is 1. The summed E-state index contributed by atoms with van der Waals surface area (Å²) in [5, 5.41) is 22.9. The third-order valence-electron chi connectivity index (χ3n) is 3.00. The van der Waals surface area contributed by atoms with Crippen LogP contribution in [0.25, 0.3) is 21.8 Å². The van der Waals surface area contributed by atoms with Gasteiger partial charge in [-0.25, -0.2) is 0 Å². The largest absolute Gasteiger partial charge is 0.349 e. The summed E-state index contributed by atoms with van der Waals surface area (Å²) in [4.78, 5) is 23.7. The zero-order chi connectivity index (χ0) is 13.6. The van der Waals surface area contributed by atoms with E-state index in [0.29, 0.717) is 21.8 Å². The Hall–Kier alpha value is -2.96. The molecule has 2 aromatic carbocycles. The average Bonchev–Trinajstić information content (AvgIpc) is 2.75. The maximum Gasteiger partial charge on any atom is 0.293 e. The van der Waals surface area contributed by atoms with Crippen molar-refractivity contribution in [2.24, 2.45) is 0 Å². The molecule has 0 atom stereocenters. The molecular formula is C12H7N3O4. The molecule has 3 rings (SSSR count). The van der Waals surface area contributed by atoms with E-state index in [2.05, 4.69) is 4.98 Å². The van der Waals surface area contributed by atoms with Gasteiger partial charge in [0.15, 0.2) is 0 Å². The van der Waals surface area contributed by atoms with Crippen LogP contribution in [0.15, 0.2) is 36.4 Å². The van der Waals surface area contributed by atoms with Crippen LogP contribution in [0.4, 0.5) is 11.4 Å². The number of nitro benzene ring substituents is 2. The summed E-state index contributed by atoms with van der Waals surface area (Å²) in [6.45, 7) is 0. The van der Waals surface area contributed by atoms with Crippen molar-refractivity contribution in [2.45, 2.75) is 0 Å². The Labute approximate surface area is 105 Å². The summed E-state index contributed by atoms with van der Waals surface area (Å²) in [6, 6.07) is 8.99. The average molecular weight is 257 g/mol. The molecule has 0 saturated carbocycles. The molecule has 0 radical (unpaired) electrons. The Kier molecular flexibility index (Phi) is 2.21. The number of aromatic amines is 1. The molecule has 7 heteroatoms. The van der Waals surface area contributed by atoms with Gasteiger partial charge in [0.1, 0.15) is 5.52 Å². The number of non-ortho nitro benzene ring substituents is 2. The number of benzene rings is 2. The molecular weight excluding hydrogens is 250 g/mol. The van der Waals surface area contributed by atoms with Gasteiger partial charge in [0.05, 0.1) is 9.85 Å². The molecule has 3 aromatic rings. The second-order valence-electron chi connectivity index (χ2n) is 4.07. The summed E-state index contributed by atoms with van der Waals surface area (Å²) >= 11 is 0. The number of nitrogens with zero attached hydrogens (tertiary/aromatic N) is 2. The monoisotopic (exact) mass is 257 g/mol. The van der Waals surface area contributed by atoms with E-state index in [4.69, 9.17) is 0 Å². The molecule has 1 N–H and O–H groups in total. The second kappa shape index (κ2) is 3.77. The molecule has 0 aliphatic carbocycles. The first-order valence-corrected chi connectivity index (χ1v) is 5.41. The van der Waals surface area contributed by atoms with Gasteiger partial charge < -0.3 is 4.98 Å². The molecule has 0 fully saturated rings. The highest BCUT2D eigenvalue weighted by Gasteiger charge is 2.17. The molecule has 0 amide bonds. The first kappa shape index (κ1) is 11.1. The maximum atomic E-state index is 10.9. The Bertz CT molecular complexity index is 837. The maximum absolute atomic E-state index is 10.9. The fourth-order valence-corrected chi connectivity index (χ4v) is 2.16. The van der Waals surface area contributed by atoms with E-state index in [1.165, 1.54) is 18.2 Å². The quantitative estimate of drug-likeness (QED) is 0.562. The first-order valence-electron chi connectivity index (χ1n) is 5.41. The summed E-state index contributed by atoms with van der Waals surface area (Å²) < 4.78 is 0. The highest BCUT2D eigenvalue weighted by Crippen LogP contribution is 2.33. The molecule has 0 bridgehead atoms. The van der Waals surface area contributed by atoms with Gasteiger partial charge in [-0.2, -0.15) is 0 Å². The van der Waals surface area contributed by atoms with E-state index in [-0.39, 0.29) is 11.4 Å². The standard InChI is InChI=1S/C12H7N3O4/c16-14(17)7-4-5-10-9(6-7)8-2-1-3-11(15(18)19)12(8)13-10/h1-6,13H. The van der Waals surface area contributed by atoms with Gasteiger partial charge >= 0.3 is 0 Å². The lowest BCUT2D eigenvalue weighted by Crippen LogP contribution is -1.88. The van der Waals surface area contributed by atoms with Gasteiger partial charge in [-0.05, 0) is 6.07 Å². The van der Waals surface area contributed by atoms with Crippen LogP contribution >= 0.6 is 0 Å². The predicted octanol–water partition coefficient (Wildman–Crippen LogP) is 3.14. The molecule has 94 valence electrons. The zero-order valence-corrected chi connectivity index (χ0v) is 9.49. The van der Waals surface area contributed by atoms with E-state index in [9.17, 15) is 20.2 Å². The zero-order valence-electron chi connectivity index (χ0n) is 9.49. The minimum atomic E-state index is -0.490. The van der Waals surface area contributed by atoms with E-state index < -0.39 is 9.85 Å². The molecule has 0 saturated heterocycles. The normalized spacial score (nSPS) is 10.9. The topological polar surface area (TPSA) is 102 Å². The number of aromatic nitrogens is 1. The van der Waals surface area contributed by atoms with Gasteiger partial charge in [0, 0.05) is 34.5 Å². The van der Waals surface area contributed by atoms with Crippen molar-refractivity contribution in [3.05, 3.63) is 56.6 Å². The number of hydrogen-bond acceptors (Lipinski definition) is 4. The summed E-state index contributed by atoms with van der Waals surface area (Å²) in [7, 11) is 0. The smallest absolute Gasteiger partial charge is 0.293 e. The van der Waals surface area contributed by atoms with Crippen molar-refractivity contribution < 1.29 is 9.85 Å². The van der Waals surface area contributed by atoms with E-state index in [1.807, 2.05) is 0 Å². The molecule has 1 heterocycles. The fraction of sp³-hybridized carbons (Fsp3) is 0. The lowest BCUT2D eigenvalue weighted by molar-refractivity contribution is -0.384. The summed E-state index contributed by atoms with van der Waals surface area (Å²) in [6.07, 6.45) is 0. The van der Waals surface area contributed by atoms with Gasteiger partial charge in [0.25, 0.3) is 11.4 Å². The Balaban J connectivity index is 2.43. The first-order chi connectivity index (χ1) is 9.08. The summed E-state index contributed by atoms with van der Waals surface area (Å²) in [5.74, 6) is 0. The lowest BCUT2D eigenvalue weighted by Gasteiger charge is -1.93. The van der Waals surface area contributed by atoms with E-state index in [0.717, 1.165) is 0 Å². The molecule has 0 aliphatic heterocycles. The number of hydrogen-bond donors (Lipinski definition) is 1. The third kappa shape index (κ3) is 1.60. The van der Waals surface area contributed by atoms with Crippen molar-refractivity contribution in [2.75, 3.05) is 0 Å². The van der Waals surface area contributed by atoms with Gasteiger partial charge in [0.2, 0.25) is 0 Å². The molecule has 7 nitrogen and oxygen atoms in total.